The third-order valence-corrected chi connectivity index (χ3v) is 5.15. The van der Waals surface area contributed by atoms with Crippen LogP contribution in [0.15, 0.2) is 34.3 Å². The maximum Gasteiger partial charge on any atom is 0.341 e. The maximum atomic E-state index is 12.6. The number of furan rings is 1. The van der Waals surface area contributed by atoms with Gasteiger partial charge in [-0.1, -0.05) is 18.2 Å². The van der Waals surface area contributed by atoms with Crippen LogP contribution in [0.2, 0.25) is 0 Å². The number of carbonyl (C=O) groups is 3. The molecule has 0 radical (unpaired) electrons. The van der Waals surface area contributed by atoms with E-state index in [1.165, 1.54) is 26.2 Å². The van der Waals surface area contributed by atoms with Gasteiger partial charge in [0.15, 0.2) is 5.78 Å². The minimum Gasteiger partial charge on any atom is -0.466 e. The molecule has 3 atom stereocenters. The molecular weight excluding hydrogens is 392 g/mol. The van der Waals surface area contributed by atoms with Gasteiger partial charge in [-0.3, -0.25) is 4.79 Å². The maximum absolute atomic E-state index is 12.6. The van der Waals surface area contributed by atoms with Gasteiger partial charge < -0.3 is 24.1 Å². The summed E-state index contributed by atoms with van der Waals surface area (Å²) in [4.78, 5) is 36.9. The lowest BCUT2D eigenvalue weighted by molar-refractivity contribution is -0.140. The fourth-order valence-corrected chi connectivity index (χ4v) is 3.47. The Labute approximate surface area is 175 Å². The first-order chi connectivity index (χ1) is 14.0. The molecule has 0 aliphatic carbocycles. The number of ether oxygens (including phenoxy) is 2. The first-order valence-electron chi connectivity index (χ1n) is 9.56. The number of methoxy groups -OCH3 is 2. The second-order valence-electron chi connectivity index (χ2n) is 7.89. The number of fused-ring (bicyclic) bond motifs is 2. The van der Waals surface area contributed by atoms with Gasteiger partial charge in [-0.2, -0.15) is 0 Å². The minimum atomic E-state index is -1.73. The Morgan fingerprint density at radius 1 is 1.23 bits per heavy atom. The SMILES string of the molecule is C=C(C)[C@H]1C/C=C(/C(=O)OC)C(O)C(=O)C[C@@](C)(O)Cc2cc(C(=O)OC)c(o2)C1. The zero-order valence-corrected chi connectivity index (χ0v) is 17.7. The standard InChI is InChI=1S/C22H28O8/c1-12(2)13-6-7-15(20(25)28-4)19(24)17(23)11-22(3,27)10-14-9-16(21(26)29-5)18(8-13)30-14/h7,9,13,19,24,27H,1,6,8,10-11H2,2-5H3/b15-7+/t13-,19?,22-/m0/s1. The highest BCUT2D eigenvalue weighted by atomic mass is 16.5. The molecule has 1 aliphatic heterocycles. The van der Waals surface area contributed by atoms with Crippen molar-refractivity contribution in [1.29, 1.82) is 0 Å². The Hall–Kier alpha value is -2.71. The second kappa shape index (κ2) is 9.40. The zero-order chi connectivity index (χ0) is 22.6. The highest BCUT2D eigenvalue weighted by Crippen LogP contribution is 2.29. The summed E-state index contributed by atoms with van der Waals surface area (Å²) in [7, 11) is 2.41. The van der Waals surface area contributed by atoms with Gasteiger partial charge in [-0.25, -0.2) is 9.59 Å². The van der Waals surface area contributed by atoms with Crippen LogP contribution in [0.5, 0.6) is 0 Å². The Bertz CT molecular complexity index is 874. The molecule has 0 saturated carbocycles. The van der Waals surface area contributed by atoms with Gasteiger partial charge in [0.2, 0.25) is 0 Å². The first-order valence-corrected chi connectivity index (χ1v) is 9.56. The fourth-order valence-electron chi connectivity index (χ4n) is 3.47. The van der Waals surface area contributed by atoms with E-state index in [0.717, 1.165) is 12.7 Å². The van der Waals surface area contributed by atoms with Crippen LogP contribution >= 0.6 is 0 Å². The molecule has 164 valence electrons. The van der Waals surface area contributed by atoms with Gasteiger partial charge in [0.05, 0.1) is 25.4 Å². The number of hydrogen-bond acceptors (Lipinski definition) is 8. The fraction of sp³-hybridized carbons (Fsp3) is 0.500. The molecule has 1 aliphatic rings. The van der Waals surface area contributed by atoms with Crippen LogP contribution in [0, 0.1) is 5.92 Å². The molecule has 8 nitrogen and oxygen atoms in total. The van der Waals surface area contributed by atoms with E-state index in [0.29, 0.717) is 11.5 Å². The van der Waals surface area contributed by atoms with Crippen molar-refractivity contribution in [3.63, 3.8) is 0 Å². The lowest BCUT2D eigenvalue weighted by Crippen LogP contribution is -2.37. The minimum absolute atomic E-state index is 0.0789. The van der Waals surface area contributed by atoms with E-state index in [4.69, 9.17) is 13.9 Å². The van der Waals surface area contributed by atoms with E-state index >= 15 is 0 Å². The molecule has 30 heavy (non-hydrogen) atoms. The van der Waals surface area contributed by atoms with Gasteiger partial charge in [0.1, 0.15) is 23.2 Å². The molecule has 1 aromatic heterocycles. The number of allylic oxidation sites excluding steroid dienone is 2. The largest absolute Gasteiger partial charge is 0.466 e. The zero-order valence-electron chi connectivity index (χ0n) is 17.7. The molecule has 0 spiro atoms. The van der Waals surface area contributed by atoms with Crippen molar-refractivity contribution in [2.24, 2.45) is 5.92 Å². The number of Topliss-reactive ketones (excluding diaryl/α,β-unsaturated/α-hetero) is 1. The van der Waals surface area contributed by atoms with Crippen LogP contribution in [0.25, 0.3) is 0 Å². The third-order valence-electron chi connectivity index (χ3n) is 5.15. The van der Waals surface area contributed by atoms with Crippen LogP contribution in [0.3, 0.4) is 0 Å². The molecule has 0 amide bonds. The summed E-state index contributed by atoms with van der Waals surface area (Å²) < 4.78 is 15.4. The van der Waals surface area contributed by atoms with Gasteiger partial charge in [0.25, 0.3) is 0 Å². The number of ketones is 1. The number of rotatable bonds is 3. The summed E-state index contributed by atoms with van der Waals surface area (Å²) >= 11 is 0. The van der Waals surface area contributed by atoms with Gasteiger partial charge >= 0.3 is 11.9 Å². The molecule has 2 N–H and O–H groups in total. The third kappa shape index (κ3) is 5.46. The lowest BCUT2D eigenvalue weighted by atomic mass is 9.88. The van der Waals surface area contributed by atoms with Crippen LogP contribution in [0.1, 0.15) is 48.6 Å². The van der Waals surface area contributed by atoms with Gasteiger partial charge in [0, 0.05) is 19.3 Å². The van der Waals surface area contributed by atoms with Crippen LogP contribution in [0.4, 0.5) is 0 Å². The number of aliphatic hydroxyl groups excluding tert-OH is 1. The molecule has 0 aromatic carbocycles. The number of esters is 2. The average Bonchev–Trinajstić information content (AvgIpc) is 3.06. The van der Waals surface area contributed by atoms with E-state index in [-0.39, 0.29) is 36.3 Å². The van der Waals surface area contributed by atoms with E-state index < -0.39 is 35.8 Å². The van der Waals surface area contributed by atoms with E-state index in [1.54, 1.807) is 6.92 Å². The molecule has 0 fully saturated rings. The molecule has 1 aromatic rings. The summed E-state index contributed by atoms with van der Waals surface area (Å²) in [5, 5.41) is 21.2. The molecule has 1 unspecified atom stereocenters. The highest BCUT2D eigenvalue weighted by Gasteiger charge is 2.34. The van der Waals surface area contributed by atoms with Crippen molar-refractivity contribution in [3.05, 3.63) is 47.0 Å². The molecule has 2 bridgehead atoms. The van der Waals surface area contributed by atoms with Crippen molar-refractivity contribution in [3.8, 4) is 0 Å². The number of aliphatic hydroxyl groups is 2. The second-order valence-corrected chi connectivity index (χ2v) is 7.89. The van der Waals surface area contributed by atoms with Crippen molar-refractivity contribution in [1.82, 2.24) is 0 Å². The van der Waals surface area contributed by atoms with Gasteiger partial charge in [-0.05, 0) is 32.3 Å². The van der Waals surface area contributed by atoms with E-state index in [2.05, 4.69) is 6.58 Å². The van der Waals surface area contributed by atoms with Gasteiger partial charge in [-0.15, -0.1) is 0 Å². The van der Waals surface area contributed by atoms with Crippen LogP contribution in [-0.2, 0) is 31.9 Å². The Morgan fingerprint density at radius 3 is 2.43 bits per heavy atom. The smallest absolute Gasteiger partial charge is 0.341 e. The molecule has 2 rings (SSSR count). The molecule has 0 saturated heterocycles. The summed E-state index contributed by atoms with van der Waals surface area (Å²) in [6.07, 6.45) is -0.288. The lowest BCUT2D eigenvalue weighted by Gasteiger charge is -2.23. The average molecular weight is 420 g/mol. The molecule has 2 heterocycles. The van der Waals surface area contributed by atoms with Crippen LogP contribution < -0.4 is 0 Å². The monoisotopic (exact) mass is 420 g/mol. The van der Waals surface area contributed by atoms with E-state index in [9.17, 15) is 24.6 Å². The Balaban J connectivity index is 2.59. The molecule has 8 heteroatoms. The number of carbonyl (C=O) groups excluding carboxylic acids is 3. The normalized spacial score (nSPS) is 27.0. The number of hydrogen-bond donors (Lipinski definition) is 2. The van der Waals surface area contributed by atoms with E-state index in [1.807, 2.05) is 0 Å². The topological polar surface area (TPSA) is 123 Å². The van der Waals surface area contributed by atoms with Crippen molar-refractivity contribution < 1.29 is 38.5 Å². The quantitative estimate of drug-likeness (QED) is 0.562. The Kier molecular flexibility index (Phi) is 7.39. The predicted octanol–water partition coefficient (Wildman–Crippen LogP) is 1.92. The summed E-state index contributed by atoms with van der Waals surface area (Å²) in [6, 6.07) is 1.49. The van der Waals surface area contributed by atoms with Crippen LogP contribution in [-0.4, -0.2) is 53.9 Å². The Morgan fingerprint density at radius 2 is 1.87 bits per heavy atom. The van der Waals surface area contributed by atoms with Crippen molar-refractivity contribution >= 4 is 17.7 Å². The van der Waals surface area contributed by atoms with Crippen molar-refractivity contribution in [2.75, 3.05) is 14.2 Å². The highest BCUT2D eigenvalue weighted by molar-refractivity contribution is 5.99. The summed E-state index contributed by atoms with van der Waals surface area (Å²) in [5.41, 5.74) is -0.790. The summed E-state index contributed by atoms with van der Waals surface area (Å²) in [6.45, 7) is 7.17. The van der Waals surface area contributed by atoms with Crippen molar-refractivity contribution in [2.45, 2.75) is 51.2 Å². The molecular formula is C22H28O8. The summed E-state index contributed by atoms with van der Waals surface area (Å²) in [5.74, 6) is -1.73. The first kappa shape index (κ1) is 23.6. The predicted molar refractivity (Wildman–Crippen MR) is 107 cm³/mol.